The van der Waals surface area contributed by atoms with Crippen LogP contribution in [0, 0.1) is 13.8 Å². The van der Waals surface area contributed by atoms with Crippen LogP contribution < -0.4 is 10.1 Å². The highest BCUT2D eigenvalue weighted by Gasteiger charge is 2.39. The third-order valence-electron chi connectivity index (χ3n) is 5.42. The number of carbonyl (C=O) groups excluding carboxylic acids is 1. The normalized spacial score (nSPS) is 18.2. The van der Waals surface area contributed by atoms with Crippen molar-refractivity contribution in [3.63, 3.8) is 0 Å². The van der Waals surface area contributed by atoms with Crippen molar-refractivity contribution in [2.24, 2.45) is 0 Å². The number of amides is 1. The van der Waals surface area contributed by atoms with Gasteiger partial charge in [-0.1, -0.05) is 49.7 Å². The van der Waals surface area contributed by atoms with Gasteiger partial charge in [-0.15, -0.1) is 0 Å². The highest BCUT2D eigenvalue weighted by molar-refractivity contribution is 5.96. The molecule has 0 aliphatic carbocycles. The summed E-state index contributed by atoms with van der Waals surface area (Å²) in [6.07, 6.45) is 2.65. The number of hydrogen-bond donors (Lipinski definition) is 1. The zero-order valence-corrected chi connectivity index (χ0v) is 15.6. The van der Waals surface area contributed by atoms with Crippen molar-refractivity contribution in [2.45, 2.75) is 58.6 Å². The van der Waals surface area contributed by atoms with Gasteiger partial charge in [-0.05, 0) is 44.4 Å². The number of carbonyl (C=O) groups is 1. The molecule has 0 radical (unpaired) electrons. The largest absolute Gasteiger partial charge is 0.487 e. The number of aryl methyl sites for hydroxylation is 2. The number of nitrogens with one attached hydrogen (secondary N) is 1. The van der Waals surface area contributed by atoms with E-state index in [-0.39, 0.29) is 17.6 Å². The van der Waals surface area contributed by atoms with Crippen LogP contribution in [-0.2, 0) is 0 Å². The third kappa shape index (κ3) is 3.41. The summed E-state index contributed by atoms with van der Waals surface area (Å²) in [4.78, 5) is 12.9. The maximum atomic E-state index is 12.9. The number of rotatable bonds is 4. The molecule has 0 fully saturated rings. The van der Waals surface area contributed by atoms with Crippen molar-refractivity contribution >= 4 is 5.91 Å². The van der Waals surface area contributed by atoms with Crippen LogP contribution in [0.25, 0.3) is 0 Å². The van der Waals surface area contributed by atoms with E-state index in [2.05, 4.69) is 31.3 Å². The van der Waals surface area contributed by atoms with Crippen LogP contribution in [0.5, 0.6) is 5.75 Å². The molecule has 132 valence electrons. The van der Waals surface area contributed by atoms with E-state index < -0.39 is 0 Å². The van der Waals surface area contributed by atoms with Crippen LogP contribution >= 0.6 is 0 Å². The van der Waals surface area contributed by atoms with Crippen LogP contribution in [0.3, 0.4) is 0 Å². The molecule has 1 aliphatic rings. The van der Waals surface area contributed by atoms with Crippen LogP contribution in [0.1, 0.15) is 66.2 Å². The Hall–Kier alpha value is -2.29. The van der Waals surface area contributed by atoms with E-state index in [1.807, 2.05) is 44.2 Å². The maximum Gasteiger partial charge on any atom is 0.252 e. The molecule has 1 aliphatic heterocycles. The van der Waals surface area contributed by atoms with Gasteiger partial charge in [0.1, 0.15) is 11.4 Å². The third-order valence-corrected chi connectivity index (χ3v) is 5.42. The first-order valence-electron chi connectivity index (χ1n) is 9.14. The molecule has 1 amide bonds. The van der Waals surface area contributed by atoms with Crippen molar-refractivity contribution in [3.05, 3.63) is 64.7 Å². The van der Waals surface area contributed by atoms with Gasteiger partial charge in [0, 0.05) is 17.5 Å². The molecule has 3 heteroatoms. The Bertz CT molecular complexity index is 777. The Morgan fingerprint density at radius 2 is 1.88 bits per heavy atom. The molecule has 0 saturated carbocycles. The minimum absolute atomic E-state index is 0.0136. The number of para-hydroxylation sites is 1. The second-order valence-corrected chi connectivity index (χ2v) is 7.08. The number of ether oxygens (including phenoxy) is 1. The predicted octanol–water partition coefficient (Wildman–Crippen LogP) is 5.12. The fourth-order valence-electron chi connectivity index (χ4n) is 3.73. The molecule has 0 unspecified atom stereocenters. The lowest BCUT2D eigenvalue weighted by molar-refractivity contribution is 0.0227. The fourth-order valence-corrected chi connectivity index (χ4v) is 3.73. The van der Waals surface area contributed by atoms with E-state index in [0.29, 0.717) is 0 Å². The summed E-state index contributed by atoms with van der Waals surface area (Å²) in [5, 5.41) is 3.26. The fraction of sp³-hybridized carbons (Fsp3) is 0.409. The summed E-state index contributed by atoms with van der Waals surface area (Å²) < 4.78 is 6.32. The standard InChI is InChI=1S/C22H27NO2/c1-5-22(6-2)14-19(18-9-7-8-10-20(18)25-22)23-21(24)17-12-11-15(3)13-16(17)4/h7-13,19H,5-6,14H2,1-4H3,(H,23,24)/t19-/m0/s1. The number of hydrogen-bond acceptors (Lipinski definition) is 2. The quantitative estimate of drug-likeness (QED) is 0.841. The molecule has 1 heterocycles. The lowest BCUT2D eigenvalue weighted by Crippen LogP contribution is -2.44. The van der Waals surface area contributed by atoms with E-state index in [1.54, 1.807) is 0 Å². The lowest BCUT2D eigenvalue weighted by atomic mass is 9.83. The zero-order valence-electron chi connectivity index (χ0n) is 15.6. The molecule has 1 atom stereocenters. The van der Waals surface area contributed by atoms with Crippen LogP contribution in [-0.4, -0.2) is 11.5 Å². The zero-order chi connectivity index (χ0) is 18.0. The highest BCUT2D eigenvalue weighted by Crippen LogP contribution is 2.42. The van der Waals surface area contributed by atoms with Gasteiger partial charge in [0.25, 0.3) is 5.91 Å². The van der Waals surface area contributed by atoms with Gasteiger partial charge < -0.3 is 10.1 Å². The van der Waals surface area contributed by atoms with E-state index >= 15 is 0 Å². The van der Waals surface area contributed by atoms with Gasteiger partial charge in [0.15, 0.2) is 0 Å². The summed E-state index contributed by atoms with van der Waals surface area (Å²) in [6.45, 7) is 8.34. The van der Waals surface area contributed by atoms with Gasteiger partial charge in [0.2, 0.25) is 0 Å². The summed E-state index contributed by atoms with van der Waals surface area (Å²) in [5.74, 6) is 0.878. The Labute approximate surface area is 150 Å². The first kappa shape index (κ1) is 17.5. The molecule has 1 N–H and O–H groups in total. The average Bonchev–Trinajstić information content (AvgIpc) is 2.61. The molecule has 2 aromatic rings. The predicted molar refractivity (Wildman–Crippen MR) is 101 cm³/mol. The van der Waals surface area contributed by atoms with Crippen molar-refractivity contribution in [2.75, 3.05) is 0 Å². The minimum atomic E-state index is -0.214. The molecule has 2 aromatic carbocycles. The number of benzene rings is 2. The minimum Gasteiger partial charge on any atom is -0.487 e. The first-order valence-corrected chi connectivity index (χ1v) is 9.14. The summed E-state index contributed by atoms with van der Waals surface area (Å²) >= 11 is 0. The maximum absolute atomic E-state index is 12.9. The van der Waals surface area contributed by atoms with E-state index in [9.17, 15) is 4.79 Å². The van der Waals surface area contributed by atoms with Gasteiger partial charge in [-0.25, -0.2) is 0 Å². The molecule has 3 nitrogen and oxygen atoms in total. The highest BCUT2D eigenvalue weighted by atomic mass is 16.5. The van der Waals surface area contributed by atoms with Crippen LogP contribution in [0.4, 0.5) is 0 Å². The second-order valence-electron chi connectivity index (χ2n) is 7.08. The van der Waals surface area contributed by atoms with Crippen LogP contribution in [0.2, 0.25) is 0 Å². The Morgan fingerprint density at radius 1 is 1.16 bits per heavy atom. The summed E-state index contributed by atoms with van der Waals surface area (Å²) in [6, 6.07) is 14.0. The monoisotopic (exact) mass is 337 g/mol. The van der Waals surface area contributed by atoms with Gasteiger partial charge >= 0.3 is 0 Å². The molecular formula is C22H27NO2. The Kier molecular flexibility index (Phi) is 4.85. The molecule has 3 rings (SSSR count). The van der Waals surface area contributed by atoms with E-state index in [1.165, 1.54) is 5.56 Å². The van der Waals surface area contributed by atoms with Crippen molar-refractivity contribution in [1.82, 2.24) is 5.32 Å². The van der Waals surface area contributed by atoms with E-state index in [0.717, 1.165) is 41.7 Å². The molecule has 0 bridgehead atoms. The Morgan fingerprint density at radius 3 is 2.56 bits per heavy atom. The van der Waals surface area contributed by atoms with Crippen LogP contribution in [0.15, 0.2) is 42.5 Å². The molecule has 0 spiro atoms. The summed E-state index contributed by atoms with van der Waals surface area (Å²) in [7, 11) is 0. The average molecular weight is 337 g/mol. The van der Waals surface area contributed by atoms with Gasteiger partial charge in [0.05, 0.1) is 6.04 Å². The molecular weight excluding hydrogens is 310 g/mol. The van der Waals surface area contributed by atoms with Crippen molar-refractivity contribution in [3.8, 4) is 5.75 Å². The lowest BCUT2D eigenvalue weighted by Gasteiger charge is -2.41. The topological polar surface area (TPSA) is 38.3 Å². The summed E-state index contributed by atoms with van der Waals surface area (Å²) in [5.41, 5.74) is 3.78. The first-order chi connectivity index (χ1) is 12.0. The Balaban J connectivity index is 1.91. The smallest absolute Gasteiger partial charge is 0.252 e. The molecule has 0 saturated heterocycles. The van der Waals surface area contributed by atoms with E-state index in [4.69, 9.17) is 4.74 Å². The molecule has 0 aromatic heterocycles. The van der Waals surface area contributed by atoms with Crippen molar-refractivity contribution in [1.29, 1.82) is 0 Å². The number of fused-ring (bicyclic) bond motifs is 1. The SMILES string of the molecule is CCC1(CC)C[C@H](NC(=O)c2ccc(C)cc2C)c2ccccc2O1. The second kappa shape index (κ2) is 6.91. The van der Waals surface area contributed by atoms with Gasteiger partial charge in [-0.2, -0.15) is 0 Å². The van der Waals surface area contributed by atoms with Gasteiger partial charge in [-0.3, -0.25) is 4.79 Å². The van der Waals surface area contributed by atoms with Crippen molar-refractivity contribution < 1.29 is 9.53 Å². The molecule has 25 heavy (non-hydrogen) atoms.